The second kappa shape index (κ2) is 6.56. The molecule has 1 rings (SSSR count). The summed E-state index contributed by atoms with van der Waals surface area (Å²) in [5.74, 6) is 0.617. The Bertz CT molecular complexity index is 399. The van der Waals surface area contributed by atoms with Crippen molar-refractivity contribution in [2.75, 3.05) is 26.4 Å². The molecule has 0 saturated carbocycles. The second-order valence-electron chi connectivity index (χ2n) is 3.86. The molecule has 0 aliphatic rings. The van der Waals surface area contributed by atoms with Crippen molar-refractivity contribution in [2.24, 2.45) is 0 Å². The first-order chi connectivity index (χ1) is 8.02. The van der Waals surface area contributed by atoms with Gasteiger partial charge in [0.2, 0.25) is 5.82 Å². The predicted molar refractivity (Wildman–Crippen MR) is 67.8 cm³/mol. The van der Waals surface area contributed by atoms with Crippen LogP contribution in [0.5, 0.6) is 0 Å². The van der Waals surface area contributed by atoms with Crippen LogP contribution in [0.3, 0.4) is 0 Å². The summed E-state index contributed by atoms with van der Waals surface area (Å²) >= 11 is 1.56. The van der Waals surface area contributed by atoms with Crippen LogP contribution in [-0.4, -0.2) is 36.2 Å². The van der Waals surface area contributed by atoms with Crippen molar-refractivity contribution in [3.8, 4) is 0 Å². The summed E-state index contributed by atoms with van der Waals surface area (Å²) < 4.78 is 13.6. The molecule has 0 aromatic heterocycles. The standard InChI is InChI=1S/C11H15FN2O2S/c1-13(2)6-7-17-8-9-4-3-5-10(11(9)12)14(15)16/h3-5H,6-8H2,1-2H3. The van der Waals surface area contributed by atoms with Gasteiger partial charge in [-0.25, -0.2) is 0 Å². The maximum atomic E-state index is 13.6. The van der Waals surface area contributed by atoms with E-state index in [1.807, 2.05) is 19.0 Å². The van der Waals surface area contributed by atoms with E-state index in [4.69, 9.17) is 0 Å². The molecule has 0 amide bonds. The van der Waals surface area contributed by atoms with Crippen LogP contribution in [0.15, 0.2) is 18.2 Å². The van der Waals surface area contributed by atoms with Crippen LogP contribution in [0, 0.1) is 15.9 Å². The van der Waals surface area contributed by atoms with E-state index < -0.39 is 16.4 Å². The lowest BCUT2D eigenvalue weighted by molar-refractivity contribution is -0.387. The van der Waals surface area contributed by atoms with E-state index in [1.54, 1.807) is 17.8 Å². The average molecular weight is 258 g/mol. The van der Waals surface area contributed by atoms with Gasteiger partial charge in [-0.15, -0.1) is 0 Å². The first kappa shape index (κ1) is 13.9. The number of nitrogens with zero attached hydrogens (tertiary/aromatic N) is 2. The van der Waals surface area contributed by atoms with Gasteiger partial charge in [0.15, 0.2) is 0 Å². The summed E-state index contributed by atoms with van der Waals surface area (Å²) in [4.78, 5) is 11.9. The van der Waals surface area contributed by atoms with Crippen molar-refractivity contribution in [1.82, 2.24) is 4.90 Å². The summed E-state index contributed by atoms with van der Waals surface area (Å²) in [6.07, 6.45) is 0. The summed E-state index contributed by atoms with van der Waals surface area (Å²) in [6, 6.07) is 4.29. The van der Waals surface area contributed by atoms with E-state index in [-0.39, 0.29) is 0 Å². The maximum absolute atomic E-state index is 13.6. The molecule has 6 heteroatoms. The normalized spacial score (nSPS) is 10.8. The minimum Gasteiger partial charge on any atom is -0.309 e. The fraction of sp³-hybridized carbons (Fsp3) is 0.455. The zero-order valence-corrected chi connectivity index (χ0v) is 10.7. The molecule has 4 nitrogen and oxygen atoms in total. The van der Waals surface area contributed by atoms with Gasteiger partial charge < -0.3 is 4.90 Å². The fourth-order valence-corrected chi connectivity index (χ4v) is 2.33. The van der Waals surface area contributed by atoms with Crippen molar-refractivity contribution in [3.05, 3.63) is 39.7 Å². The monoisotopic (exact) mass is 258 g/mol. The number of nitro groups is 1. The Morgan fingerprint density at radius 3 is 2.76 bits per heavy atom. The van der Waals surface area contributed by atoms with E-state index in [1.165, 1.54) is 12.1 Å². The van der Waals surface area contributed by atoms with E-state index in [2.05, 4.69) is 0 Å². The molecule has 0 heterocycles. The predicted octanol–water partition coefficient (Wildman–Crippen LogP) is 2.53. The highest BCUT2D eigenvalue weighted by Gasteiger charge is 2.16. The van der Waals surface area contributed by atoms with Gasteiger partial charge in [-0.3, -0.25) is 10.1 Å². The molecule has 1 aromatic carbocycles. The number of nitro benzene ring substituents is 1. The van der Waals surface area contributed by atoms with Crippen molar-refractivity contribution in [3.63, 3.8) is 0 Å². The zero-order chi connectivity index (χ0) is 12.8. The lowest BCUT2D eigenvalue weighted by atomic mass is 10.2. The topological polar surface area (TPSA) is 46.4 Å². The number of rotatable bonds is 6. The number of halogens is 1. The highest BCUT2D eigenvalue weighted by molar-refractivity contribution is 7.98. The van der Waals surface area contributed by atoms with Crippen LogP contribution < -0.4 is 0 Å². The van der Waals surface area contributed by atoms with Gasteiger partial charge in [-0.1, -0.05) is 12.1 Å². The number of benzene rings is 1. The van der Waals surface area contributed by atoms with Gasteiger partial charge in [0.25, 0.3) is 0 Å². The van der Waals surface area contributed by atoms with E-state index in [0.29, 0.717) is 11.3 Å². The quantitative estimate of drug-likeness (QED) is 0.447. The Morgan fingerprint density at radius 2 is 2.18 bits per heavy atom. The molecule has 0 radical (unpaired) electrons. The van der Waals surface area contributed by atoms with Crippen molar-refractivity contribution in [2.45, 2.75) is 5.75 Å². The van der Waals surface area contributed by atoms with Crippen LogP contribution in [0.4, 0.5) is 10.1 Å². The third-order valence-corrected chi connectivity index (χ3v) is 3.18. The molecule has 17 heavy (non-hydrogen) atoms. The molecule has 0 aliphatic carbocycles. The van der Waals surface area contributed by atoms with Crippen molar-refractivity contribution in [1.29, 1.82) is 0 Å². The third kappa shape index (κ3) is 4.32. The van der Waals surface area contributed by atoms with E-state index >= 15 is 0 Å². The molecule has 0 aliphatic heterocycles. The summed E-state index contributed by atoms with van der Waals surface area (Å²) in [7, 11) is 3.93. The minimum atomic E-state index is -0.713. The van der Waals surface area contributed by atoms with Crippen LogP contribution in [0.1, 0.15) is 5.56 Å². The van der Waals surface area contributed by atoms with Crippen LogP contribution in [0.25, 0.3) is 0 Å². The Morgan fingerprint density at radius 1 is 1.47 bits per heavy atom. The first-order valence-corrected chi connectivity index (χ1v) is 6.32. The molecule has 94 valence electrons. The minimum absolute atomic E-state index is 0.392. The number of hydrogen-bond donors (Lipinski definition) is 0. The molecule has 0 spiro atoms. The smallest absolute Gasteiger partial charge is 0.305 e. The fourth-order valence-electron chi connectivity index (χ4n) is 1.25. The Labute approximate surface area is 104 Å². The maximum Gasteiger partial charge on any atom is 0.305 e. The molecular formula is C11H15FN2O2S. The second-order valence-corrected chi connectivity index (χ2v) is 4.97. The Hall–Kier alpha value is -1.14. The van der Waals surface area contributed by atoms with E-state index in [9.17, 15) is 14.5 Å². The third-order valence-electron chi connectivity index (χ3n) is 2.20. The van der Waals surface area contributed by atoms with Crippen LogP contribution in [0.2, 0.25) is 0 Å². The van der Waals surface area contributed by atoms with Crippen LogP contribution in [-0.2, 0) is 5.75 Å². The van der Waals surface area contributed by atoms with Gasteiger partial charge in [0, 0.05) is 29.7 Å². The highest BCUT2D eigenvalue weighted by Crippen LogP contribution is 2.23. The van der Waals surface area contributed by atoms with Crippen LogP contribution >= 0.6 is 11.8 Å². The summed E-state index contributed by atoms with van der Waals surface area (Å²) in [6.45, 7) is 0.904. The van der Waals surface area contributed by atoms with Gasteiger partial charge in [-0.05, 0) is 14.1 Å². The van der Waals surface area contributed by atoms with Crippen molar-refractivity contribution >= 4 is 17.4 Å². The number of thioether (sulfide) groups is 1. The van der Waals surface area contributed by atoms with Gasteiger partial charge >= 0.3 is 5.69 Å². The van der Waals surface area contributed by atoms with Gasteiger partial charge in [-0.2, -0.15) is 16.2 Å². The van der Waals surface area contributed by atoms with Gasteiger partial charge in [0.1, 0.15) is 0 Å². The first-order valence-electron chi connectivity index (χ1n) is 5.16. The lowest BCUT2D eigenvalue weighted by Crippen LogP contribution is -2.14. The molecule has 1 aromatic rings. The summed E-state index contributed by atoms with van der Waals surface area (Å²) in [5.41, 5.74) is -0.0568. The Kier molecular flexibility index (Phi) is 5.37. The average Bonchev–Trinajstić information content (AvgIpc) is 2.25. The molecule has 0 fully saturated rings. The SMILES string of the molecule is CN(C)CCSCc1cccc([N+](=O)[O-])c1F. The molecule has 0 bridgehead atoms. The lowest BCUT2D eigenvalue weighted by Gasteiger charge is -2.08. The van der Waals surface area contributed by atoms with Gasteiger partial charge in [0.05, 0.1) is 4.92 Å². The summed E-state index contributed by atoms with van der Waals surface area (Å²) in [5, 5.41) is 10.5. The molecule has 0 N–H and O–H groups in total. The Balaban J connectivity index is 2.59. The zero-order valence-electron chi connectivity index (χ0n) is 9.85. The molecule has 0 unspecified atom stereocenters. The van der Waals surface area contributed by atoms with E-state index in [0.717, 1.165) is 12.3 Å². The molecular weight excluding hydrogens is 243 g/mol. The number of hydrogen-bond acceptors (Lipinski definition) is 4. The molecule has 0 saturated heterocycles. The van der Waals surface area contributed by atoms with Crippen molar-refractivity contribution < 1.29 is 9.31 Å². The molecule has 0 atom stereocenters. The highest BCUT2D eigenvalue weighted by atomic mass is 32.2. The largest absolute Gasteiger partial charge is 0.309 e.